The Balaban J connectivity index is 0.00000280. The van der Waals surface area contributed by atoms with E-state index in [1.165, 1.54) is 0 Å². The van der Waals surface area contributed by atoms with Crippen molar-refractivity contribution in [3.63, 3.8) is 0 Å². The average Bonchev–Trinajstić information content (AvgIpc) is 3.22. The molecule has 1 unspecified atom stereocenters. The number of benzene rings is 1. The molecule has 3 rings (SSSR count). The van der Waals surface area contributed by atoms with Crippen LogP contribution in [0.4, 0.5) is 0 Å². The SMILES string of the molecule is COc1ccc(CNC(=O)c2ccn(C3CCCNC3)n2)c(OC)c1OC.Cl. The molecule has 1 fully saturated rings. The molecule has 2 heterocycles. The van der Waals surface area contributed by atoms with Gasteiger partial charge in [-0.2, -0.15) is 5.10 Å². The number of carbonyl (C=O) groups is 1. The molecule has 1 atom stereocenters. The standard InChI is InChI=1S/C19H26N4O4.ClH/c1-25-16-7-6-13(17(26-2)18(16)27-3)11-21-19(24)15-8-10-23(22-15)14-5-4-9-20-12-14;/h6-8,10,14,20H,4-5,9,11-12H2,1-3H3,(H,21,24);1H. The quantitative estimate of drug-likeness (QED) is 0.727. The van der Waals surface area contributed by atoms with Crippen molar-refractivity contribution < 1.29 is 19.0 Å². The van der Waals surface area contributed by atoms with E-state index in [9.17, 15) is 4.79 Å². The maximum Gasteiger partial charge on any atom is 0.272 e. The van der Waals surface area contributed by atoms with Crippen LogP contribution in [0.1, 0.15) is 34.9 Å². The van der Waals surface area contributed by atoms with Crippen molar-refractivity contribution in [1.82, 2.24) is 20.4 Å². The van der Waals surface area contributed by atoms with Crippen LogP contribution >= 0.6 is 12.4 Å². The summed E-state index contributed by atoms with van der Waals surface area (Å²) in [5, 5.41) is 10.7. The number of halogens is 1. The van der Waals surface area contributed by atoms with Crippen LogP contribution in [0.3, 0.4) is 0 Å². The molecule has 1 aromatic heterocycles. The fourth-order valence-electron chi connectivity index (χ4n) is 3.29. The molecule has 28 heavy (non-hydrogen) atoms. The summed E-state index contributed by atoms with van der Waals surface area (Å²) in [5.41, 5.74) is 1.19. The van der Waals surface area contributed by atoms with Crippen molar-refractivity contribution >= 4 is 18.3 Å². The van der Waals surface area contributed by atoms with Gasteiger partial charge in [0.05, 0.1) is 27.4 Å². The Hall–Kier alpha value is -2.45. The zero-order valence-corrected chi connectivity index (χ0v) is 17.2. The van der Waals surface area contributed by atoms with E-state index in [2.05, 4.69) is 15.7 Å². The highest BCUT2D eigenvalue weighted by Gasteiger charge is 2.19. The molecule has 1 aliphatic rings. The largest absolute Gasteiger partial charge is 0.493 e. The highest BCUT2D eigenvalue weighted by molar-refractivity contribution is 5.92. The van der Waals surface area contributed by atoms with E-state index in [-0.39, 0.29) is 18.3 Å². The summed E-state index contributed by atoms with van der Waals surface area (Å²) < 4.78 is 18.0. The van der Waals surface area contributed by atoms with Crippen molar-refractivity contribution in [2.45, 2.75) is 25.4 Å². The maximum absolute atomic E-state index is 12.5. The van der Waals surface area contributed by atoms with Gasteiger partial charge in [0, 0.05) is 24.8 Å². The molecule has 154 valence electrons. The van der Waals surface area contributed by atoms with Gasteiger partial charge in [-0.05, 0) is 37.6 Å². The van der Waals surface area contributed by atoms with Crippen LogP contribution in [0.5, 0.6) is 17.2 Å². The minimum atomic E-state index is -0.227. The van der Waals surface area contributed by atoms with Crippen LogP contribution in [0.25, 0.3) is 0 Å². The van der Waals surface area contributed by atoms with E-state index < -0.39 is 0 Å². The predicted molar refractivity (Wildman–Crippen MR) is 108 cm³/mol. The first-order valence-corrected chi connectivity index (χ1v) is 8.99. The third-order valence-corrected chi connectivity index (χ3v) is 4.71. The number of nitrogens with one attached hydrogen (secondary N) is 2. The zero-order chi connectivity index (χ0) is 19.2. The third-order valence-electron chi connectivity index (χ3n) is 4.71. The Morgan fingerprint density at radius 2 is 2.00 bits per heavy atom. The second-order valence-electron chi connectivity index (χ2n) is 6.36. The number of methoxy groups -OCH3 is 3. The Morgan fingerprint density at radius 3 is 2.64 bits per heavy atom. The van der Waals surface area contributed by atoms with E-state index in [1.807, 2.05) is 16.9 Å². The van der Waals surface area contributed by atoms with Gasteiger partial charge >= 0.3 is 0 Å². The molecule has 9 heteroatoms. The number of amides is 1. The third kappa shape index (κ3) is 4.69. The lowest BCUT2D eigenvalue weighted by atomic mass is 10.1. The Morgan fingerprint density at radius 1 is 1.21 bits per heavy atom. The highest BCUT2D eigenvalue weighted by Crippen LogP contribution is 2.39. The number of piperidine rings is 1. The van der Waals surface area contributed by atoms with Gasteiger partial charge in [-0.1, -0.05) is 0 Å². The van der Waals surface area contributed by atoms with Crippen LogP contribution in [0, 0.1) is 0 Å². The molecule has 2 aromatic rings. The summed E-state index contributed by atoms with van der Waals surface area (Å²) in [6, 6.07) is 5.67. The van der Waals surface area contributed by atoms with Crippen molar-refractivity contribution in [3.05, 3.63) is 35.7 Å². The molecule has 1 amide bonds. The lowest BCUT2D eigenvalue weighted by molar-refractivity contribution is 0.0944. The Labute approximate surface area is 170 Å². The number of nitrogens with zero attached hydrogens (tertiary/aromatic N) is 2. The summed E-state index contributed by atoms with van der Waals surface area (Å²) in [6.45, 7) is 2.21. The fourth-order valence-corrected chi connectivity index (χ4v) is 3.29. The molecule has 0 radical (unpaired) electrons. The number of hydrogen-bond acceptors (Lipinski definition) is 6. The highest BCUT2D eigenvalue weighted by atomic mass is 35.5. The molecule has 8 nitrogen and oxygen atoms in total. The van der Waals surface area contributed by atoms with Gasteiger partial charge in [0.25, 0.3) is 5.91 Å². The normalized spacial score (nSPS) is 16.0. The summed E-state index contributed by atoms with van der Waals surface area (Å²) in [5.74, 6) is 1.38. The number of hydrogen-bond donors (Lipinski definition) is 2. The fraction of sp³-hybridized carbons (Fsp3) is 0.474. The van der Waals surface area contributed by atoms with Crippen LogP contribution in [-0.2, 0) is 6.54 Å². The summed E-state index contributed by atoms with van der Waals surface area (Å²) in [6.07, 6.45) is 4.05. The molecule has 1 aromatic carbocycles. The van der Waals surface area contributed by atoms with Gasteiger partial charge in [0.15, 0.2) is 11.5 Å². The number of aromatic nitrogens is 2. The predicted octanol–water partition coefficient (Wildman–Crippen LogP) is 2.19. The minimum Gasteiger partial charge on any atom is -0.493 e. The van der Waals surface area contributed by atoms with E-state index in [0.717, 1.165) is 31.5 Å². The zero-order valence-electron chi connectivity index (χ0n) is 16.4. The second-order valence-corrected chi connectivity index (χ2v) is 6.36. The summed E-state index contributed by atoms with van der Waals surface area (Å²) in [4.78, 5) is 12.5. The maximum atomic E-state index is 12.5. The first-order chi connectivity index (χ1) is 13.2. The molecule has 2 N–H and O–H groups in total. The Kier molecular flexibility index (Phi) is 7.95. The molecule has 1 saturated heterocycles. The monoisotopic (exact) mass is 410 g/mol. The van der Waals surface area contributed by atoms with Crippen LogP contribution in [0.2, 0.25) is 0 Å². The number of ether oxygens (including phenoxy) is 3. The molecular formula is C19H27ClN4O4. The number of carbonyl (C=O) groups excluding carboxylic acids is 1. The molecule has 0 spiro atoms. The van der Waals surface area contributed by atoms with Crippen molar-refractivity contribution in [1.29, 1.82) is 0 Å². The number of rotatable bonds is 7. The van der Waals surface area contributed by atoms with Crippen LogP contribution in [0.15, 0.2) is 24.4 Å². The second kappa shape index (κ2) is 10.2. The molecule has 0 aliphatic carbocycles. The summed E-state index contributed by atoms with van der Waals surface area (Å²) >= 11 is 0. The lowest BCUT2D eigenvalue weighted by Gasteiger charge is -2.22. The Bertz CT molecular complexity index is 790. The van der Waals surface area contributed by atoms with E-state index in [4.69, 9.17) is 14.2 Å². The van der Waals surface area contributed by atoms with Gasteiger partial charge in [0.2, 0.25) is 5.75 Å². The molecule has 1 aliphatic heterocycles. The lowest BCUT2D eigenvalue weighted by Crippen LogP contribution is -2.32. The van der Waals surface area contributed by atoms with Gasteiger partial charge < -0.3 is 24.8 Å². The molecule has 0 bridgehead atoms. The first kappa shape index (κ1) is 21.8. The van der Waals surface area contributed by atoms with Crippen molar-refractivity contribution in [2.24, 2.45) is 0 Å². The van der Waals surface area contributed by atoms with Gasteiger partial charge in [-0.25, -0.2) is 0 Å². The average molecular weight is 411 g/mol. The van der Waals surface area contributed by atoms with Gasteiger partial charge in [-0.3, -0.25) is 9.48 Å². The van der Waals surface area contributed by atoms with E-state index >= 15 is 0 Å². The van der Waals surface area contributed by atoms with E-state index in [0.29, 0.717) is 35.5 Å². The van der Waals surface area contributed by atoms with Crippen LogP contribution < -0.4 is 24.8 Å². The van der Waals surface area contributed by atoms with Crippen molar-refractivity contribution in [2.75, 3.05) is 34.4 Å². The minimum absolute atomic E-state index is 0. The molecular weight excluding hydrogens is 384 g/mol. The summed E-state index contributed by atoms with van der Waals surface area (Å²) in [7, 11) is 4.68. The van der Waals surface area contributed by atoms with Gasteiger partial charge in [-0.15, -0.1) is 12.4 Å². The van der Waals surface area contributed by atoms with Gasteiger partial charge in [0.1, 0.15) is 5.69 Å². The van der Waals surface area contributed by atoms with Crippen molar-refractivity contribution in [3.8, 4) is 17.2 Å². The van der Waals surface area contributed by atoms with E-state index in [1.54, 1.807) is 33.5 Å². The topological polar surface area (TPSA) is 86.6 Å². The molecule has 0 saturated carbocycles. The van der Waals surface area contributed by atoms with Crippen LogP contribution in [-0.4, -0.2) is 50.1 Å². The smallest absolute Gasteiger partial charge is 0.272 e. The first-order valence-electron chi connectivity index (χ1n) is 8.99.